The van der Waals surface area contributed by atoms with E-state index in [1.54, 1.807) is 42.5 Å². The SMILES string of the molecule is O=C(C=Cc1ccc(Cl)cc1)N1N=C(c2ccc(Cl)cc2)CC1c1ccccc1O. The number of hydrazone groups is 1. The predicted octanol–water partition coefficient (Wildman–Crippen LogP) is 6.09. The lowest BCUT2D eigenvalue weighted by Gasteiger charge is -2.21. The molecule has 1 amide bonds. The summed E-state index contributed by atoms with van der Waals surface area (Å²) in [7, 11) is 0. The van der Waals surface area contributed by atoms with Crippen molar-refractivity contribution in [2.75, 3.05) is 0 Å². The molecule has 0 bridgehead atoms. The highest BCUT2D eigenvalue weighted by Crippen LogP contribution is 2.37. The molecule has 0 saturated carbocycles. The number of carbonyl (C=O) groups is 1. The molecule has 3 aromatic rings. The molecular weight excluding hydrogens is 419 g/mol. The first-order valence-corrected chi connectivity index (χ1v) is 10.1. The van der Waals surface area contributed by atoms with E-state index < -0.39 is 6.04 Å². The zero-order chi connectivity index (χ0) is 21.1. The van der Waals surface area contributed by atoms with Gasteiger partial charge in [-0.2, -0.15) is 5.10 Å². The first-order chi connectivity index (χ1) is 14.5. The molecular formula is C24H18Cl2N2O2. The highest BCUT2D eigenvalue weighted by molar-refractivity contribution is 6.31. The lowest BCUT2D eigenvalue weighted by Crippen LogP contribution is -2.25. The van der Waals surface area contributed by atoms with Crippen LogP contribution in [0.15, 0.2) is 84.0 Å². The Morgan fingerprint density at radius 1 is 0.967 bits per heavy atom. The van der Waals surface area contributed by atoms with E-state index in [0.717, 1.165) is 16.8 Å². The van der Waals surface area contributed by atoms with Crippen LogP contribution in [-0.2, 0) is 4.79 Å². The van der Waals surface area contributed by atoms with Crippen LogP contribution in [0, 0.1) is 0 Å². The van der Waals surface area contributed by atoms with Gasteiger partial charge in [0.15, 0.2) is 0 Å². The second-order valence-electron chi connectivity index (χ2n) is 6.90. The van der Waals surface area contributed by atoms with Crippen molar-refractivity contribution in [3.05, 3.63) is 106 Å². The quantitative estimate of drug-likeness (QED) is 0.502. The van der Waals surface area contributed by atoms with Crippen LogP contribution in [0.3, 0.4) is 0 Å². The minimum Gasteiger partial charge on any atom is -0.508 e. The van der Waals surface area contributed by atoms with Crippen LogP contribution in [0.25, 0.3) is 6.08 Å². The molecule has 0 fully saturated rings. The van der Waals surface area contributed by atoms with Crippen molar-refractivity contribution in [3.63, 3.8) is 0 Å². The Hall–Kier alpha value is -3.08. The van der Waals surface area contributed by atoms with Crippen molar-refractivity contribution in [3.8, 4) is 5.75 Å². The van der Waals surface area contributed by atoms with E-state index in [9.17, 15) is 9.90 Å². The smallest absolute Gasteiger partial charge is 0.267 e. The molecule has 1 N–H and O–H groups in total. The third-order valence-electron chi connectivity index (χ3n) is 4.90. The van der Waals surface area contributed by atoms with Crippen LogP contribution < -0.4 is 0 Å². The highest BCUT2D eigenvalue weighted by Gasteiger charge is 2.33. The number of hydrogen-bond acceptors (Lipinski definition) is 3. The summed E-state index contributed by atoms with van der Waals surface area (Å²) in [5, 5.41) is 17.6. The Morgan fingerprint density at radius 2 is 1.60 bits per heavy atom. The summed E-state index contributed by atoms with van der Waals surface area (Å²) in [5.74, 6) is -0.142. The molecule has 1 aliphatic heterocycles. The maximum Gasteiger partial charge on any atom is 0.267 e. The number of phenolic OH excluding ortho intramolecular Hbond substituents is 1. The minimum atomic E-state index is -0.403. The molecule has 0 aromatic heterocycles. The van der Waals surface area contributed by atoms with E-state index in [2.05, 4.69) is 5.10 Å². The summed E-state index contributed by atoms with van der Waals surface area (Å²) >= 11 is 11.9. The maximum absolute atomic E-state index is 13.0. The van der Waals surface area contributed by atoms with Crippen LogP contribution in [0.4, 0.5) is 0 Å². The van der Waals surface area contributed by atoms with E-state index in [1.807, 2.05) is 36.4 Å². The fourth-order valence-corrected chi connectivity index (χ4v) is 3.61. The highest BCUT2D eigenvalue weighted by atomic mass is 35.5. The van der Waals surface area contributed by atoms with Crippen molar-refractivity contribution >= 4 is 40.9 Å². The molecule has 1 heterocycles. The number of amides is 1. The van der Waals surface area contributed by atoms with E-state index in [1.165, 1.54) is 11.1 Å². The molecule has 150 valence electrons. The number of phenols is 1. The van der Waals surface area contributed by atoms with Gasteiger partial charge in [0.25, 0.3) is 5.91 Å². The Bertz CT molecular complexity index is 1120. The van der Waals surface area contributed by atoms with Gasteiger partial charge in [0.2, 0.25) is 0 Å². The van der Waals surface area contributed by atoms with Crippen molar-refractivity contribution in [2.45, 2.75) is 12.5 Å². The zero-order valence-electron chi connectivity index (χ0n) is 15.9. The van der Waals surface area contributed by atoms with Crippen LogP contribution in [0.2, 0.25) is 10.0 Å². The lowest BCUT2D eigenvalue weighted by atomic mass is 9.97. The first kappa shape index (κ1) is 20.2. The van der Waals surface area contributed by atoms with Crippen molar-refractivity contribution < 1.29 is 9.90 Å². The van der Waals surface area contributed by atoms with Crippen LogP contribution in [0.1, 0.15) is 29.2 Å². The molecule has 3 aromatic carbocycles. The van der Waals surface area contributed by atoms with Crippen molar-refractivity contribution in [2.24, 2.45) is 5.10 Å². The molecule has 30 heavy (non-hydrogen) atoms. The number of benzene rings is 3. The maximum atomic E-state index is 13.0. The van der Waals surface area contributed by atoms with E-state index in [4.69, 9.17) is 23.2 Å². The topological polar surface area (TPSA) is 52.9 Å². The number of rotatable bonds is 4. The van der Waals surface area contributed by atoms with E-state index >= 15 is 0 Å². The number of halogens is 2. The molecule has 6 heteroatoms. The van der Waals surface area contributed by atoms with Gasteiger partial charge in [-0.25, -0.2) is 5.01 Å². The molecule has 0 aliphatic carbocycles. The van der Waals surface area contributed by atoms with Gasteiger partial charge in [-0.1, -0.05) is 65.7 Å². The summed E-state index contributed by atoms with van der Waals surface area (Å²) in [4.78, 5) is 13.0. The first-order valence-electron chi connectivity index (χ1n) is 9.39. The Kier molecular flexibility index (Phi) is 5.88. The minimum absolute atomic E-state index is 0.134. The third kappa shape index (κ3) is 4.40. The van der Waals surface area contributed by atoms with Gasteiger partial charge < -0.3 is 5.11 Å². The lowest BCUT2D eigenvalue weighted by molar-refractivity contribution is -0.127. The Morgan fingerprint density at radius 3 is 2.27 bits per heavy atom. The zero-order valence-corrected chi connectivity index (χ0v) is 17.4. The van der Waals surface area contributed by atoms with Gasteiger partial charge >= 0.3 is 0 Å². The average molecular weight is 437 g/mol. The number of carbonyl (C=O) groups excluding carboxylic acids is 1. The monoisotopic (exact) mass is 436 g/mol. The number of para-hydroxylation sites is 1. The van der Waals surface area contributed by atoms with Gasteiger partial charge in [-0.05, 0) is 47.5 Å². The molecule has 4 rings (SSSR count). The molecule has 0 radical (unpaired) electrons. The van der Waals surface area contributed by atoms with Crippen LogP contribution in [0.5, 0.6) is 5.75 Å². The molecule has 1 atom stereocenters. The summed E-state index contributed by atoms with van der Waals surface area (Å²) in [6, 6.07) is 21.1. The standard InChI is InChI=1S/C24H18Cl2N2O2/c25-18-10-5-16(6-11-18)7-14-24(30)28-22(20-3-1-2-4-23(20)29)15-21(27-28)17-8-12-19(26)13-9-17/h1-14,22,29H,15H2. The second-order valence-corrected chi connectivity index (χ2v) is 7.77. The normalized spacial score (nSPS) is 16.1. The summed E-state index contributed by atoms with van der Waals surface area (Å²) in [5.41, 5.74) is 3.15. The molecule has 4 nitrogen and oxygen atoms in total. The fourth-order valence-electron chi connectivity index (χ4n) is 3.36. The third-order valence-corrected chi connectivity index (χ3v) is 5.40. The average Bonchev–Trinajstić information content (AvgIpc) is 3.19. The fraction of sp³-hybridized carbons (Fsp3) is 0.0833. The van der Waals surface area contributed by atoms with Gasteiger partial charge in [0.05, 0.1) is 11.8 Å². The van der Waals surface area contributed by atoms with Gasteiger partial charge in [-0.15, -0.1) is 0 Å². The number of nitrogens with zero attached hydrogens (tertiary/aromatic N) is 2. The van der Waals surface area contributed by atoms with Gasteiger partial charge in [0, 0.05) is 28.1 Å². The number of aromatic hydroxyl groups is 1. The second kappa shape index (κ2) is 8.74. The van der Waals surface area contributed by atoms with Crippen molar-refractivity contribution in [1.29, 1.82) is 0 Å². The van der Waals surface area contributed by atoms with Crippen LogP contribution >= 0.6 is 23.2 Å². The summed E-state index contributed by atoms with van der Waals surface area (Å²) in [6.45, 7) is 0. The largest absolute Gasteiger partial charge is 0.508 e. The van der Waals surface area contributed by atoms with Gasteiger partial charge in [0.1, 0.15) is 5.75 Å². The molecule has 1 unspecified atom stereocenters. The van der Waals surface area contributed by atoms with Gasteiger partial charge in [-0.3, -0.25) is 4.79 Å². The summed E-state index contributed by atoms with van der Waals surface area (Å²) < 4.78 is 0. The Labute approximate surface area is 184 Å². The molecule has 0 spiro atoms. The Balaban J connectivity index is 1.66. The predicted molar refractivity (Wildman–Crippen MR) is 121 cm³/mol. The summed E-state index contributed by atoms with van der Waals surface area (Å²) in [6.07, 6.45) is 3.68. The van der Waals surface area contributed by atoms with Crippen LogP contribution in [-0.4, -0.2) is 21.7 Å². The van der Waals surface area contributed by atoms with Crippen molar-refractivity contribution in [1.82, 2.24) is 5.01 Å². The van der Waals surface area contributed by atoms with E-state index in [-0.39, 0.29) is 11.7 Å². The molecule has 1 aliphatic rings. The van der Waals surface area contributed by atoms with E-state index in [0.29, 0.717) is 22.0 Å². The molecule has 0 saturated heterocycles. The number of hydrogen-bond donors (Lipinski definition) is 1.